The molecule has 0 saturated heterocycles. The monoisotopic (exact) mass is 419 g/mol. The molecule has 0 saturated carbocycles. The van der Waals surface area contributed by atoms with Gasteiger partial charge in [0.05, 0.1) is 6.20 Å². The predicted molar refractivity (Wildman–Crippen MR) is 105 cm³/mol. The highest BCUT2D eigenvalue weighted by molar-refractivity contribution is 8.00. The molecule has 0 aliphatic rings. The summed E-state index contributed by atoms with van der Waals surface area (Å²) in [5, 5.41) is 17.5. The van der Waals surface area contributed by atoms with Gasteiger partial charge in [0.15, 0.2) is 9.99 Å². The van der Waals surface area contributed by atoms with Crippen LogP contribution < -0.4 is 10.9 Å². The number of thioether (sulfide) groups is 1. The van der Waals surface area contributed by atoms with Crippen molar-refractivity contribution in [2.45, 2.75) is 16.6 Å². The smallest absolute Gasteiger partial charge is 0.264 e. The van der Waals surface area contributed by atoms with E-state index in [0.29, 0.717) is 16.2 Å². The number of hydrogen-bond acceptors (Lipinski definition) is 9. The summed E-state index contributed by atoms with van der Waals surface area (Å²) >= 11 is 4.55. The maximum Gasteiger partial charge on any atom is 0.264 e. The maximum atomic E-state index is 12.4. The summed E-state index contributed by atoms with van der Waals surface area (Å²) in [7, 11) is 1.70. The minimum atomic E-state index is -0.368. The van der Waals surface area contributed by atoms with Crippen molar-refractivity contribution in [3.8, 4) is 0 Å². The Morgan fingerprint density at radius 1 is 1.37 bits per heavy atom. The first-order chi connectivity index (χ1) is 13.1. The molecule has 4 rings (SSSR count). The van der Waals surface area contributed by atoms with E-state index in [1.54, 1.807) is 30.1 Å². The first-order valence-corrected chi connectivity index (χ1v) is 10.4. The lowest BCUT2D eigenvalue weighted by Gasteiger charge is -2.04. The number of carbonyl (C=O) groups is 1. The van der Waals surface area contributed by atoms with Crippen molar-refractivity contribution in [1.29, 1.82) is 0 Å². The van der Waals surface area contributed by atoms with Crippen molar-refractivity contribution in [2.24, 2.45) is 7.05 Å². The summed E-state index contributed by atoms with van der Waals surface area (Å²) in [5.41, 5.74) is 0.167. The van der Waals surface area contributed by atoms with E-state index < -0.39 is 0 Å². The first kappa shape index (κ1) is 17.8. The number of aromatic nitrogens is 6. The van der Waals surface area contributed by atoms with Crippen LogP contribution in [-0.2, 0) is 24.1 Å². The highest BCUT2D eigenvalue weighted by atomic mass is 32.2. The number of rotatable bonds is 6. The summed E-state index contributed by atoms with van der Waals surface area (Å²) in [6.45, 7) is -0.159. The largest absolute Gasteiger partial charge is 0.299 e. The van der Waals surface area contributed by atoms with Gasteiger partial charge in [-0.2, -0.15) is 5.10 Å². The van der Waals surface area contributed by atoms with Crippen molar-refractivity contribution in [2.75, 3.05) is 5.32 Å². The highest BCUT2D eigenvalue weighted by Crippen LogP contribution is 2.29. The Morgan fingerprint density at radius 2 is 2.26 bits per heavy atom. The van der Waals surface area contributed by atoms with E-state index in [0.717, 1.165) is 10.1 Å². The summed E-state index contributed by atoms with van der Waals surface area (Å²) in [6, 6.07) is 4.07. The summed E-state index contributed by atoms with van der Waals surface area (Å²) in [5.74, 6) is 0.444. The molecule has 0 aromatic carbocycles. The van der Waals surface area contributed by atoms with Gasteiger partial charge in [0, 0.05) is 17.7 Å². The van der Waals surface area contributed by atoms with E-state index in [1.807, 2.05) is 11.4 Å². The van der Waals surface area contributed by atoms with Crippen LogP contribution in [-0.4, -0.2) is 35.4 Å². The molecule has 0 atom stereocenters. The van der Waals surface area contributed by atoms with Gasteiger partial charge < -0.3 is 0 Å². The second-order valence-corrected chi connectivity index (χ2v) is 8.70. The first-order valence-electron chi connectivity index (χ1n) is 7.76. The average Bonchev–Trinajstić information content (AvgIpc) is 3.38. The average molecular weight is 420 g/mol. The normalized spacial score (nSPS) is 11.1. The fraction of sp³-hybridized carbons (Fsp3) is 0.200. The van der Waals surface area contributed by atoms with E-state index in [2.05, 4.69) is 31.7 Å². The Hall–Kier alpha value is -2.57. The van der Waals surface area contributed by atoms with E-state index in [1.165, 1.54) is 38.0 Å². The Morgan fingerprint density at radius 3 is 3.07 bits per heavy atom. The van der Waals surface area contributed by atoms with E-state index in [4.69, 9.17) is 0 Å². The van der Waals surface area contributed by atoms with Crippen LogP contribution in [0.5, 0.6) is 0 Å². The molecule has 0 bridgehead atoms. The summed E-state index contributed by atoms with van der Waals surface area (Å²) in [6.07, 6.45) is 2.79. The second-order valence-electron chi connectivity index (χ2n) is 5.47. The zero-order chi connectivity index (χ0) is 18.8. The second kappa shape index (κ2) is 7.58. The molecular formula is C15H13N7O2S3. The quantitative estimate of drug-likeness (QED) is 0.376. The van der Waals surface area contributed by atoms with Crippen LogP contribution in [0.2, 0.25) is 0 Å². The van der Waals surface area contributed by atoms with Gasteiger partial charge >= 0.3 is 0 Å². The van der Waals surface area contributed by atoms with Crippen molar-refractivity contribution in [1.82, 2.24) is 29.5 Å². The molecule has 0 aliphatic heterocycles. The van der Waals surface area contributed by atoms with Gasteiger partial charge in [-0.25, -0.2) is 4.98 Å². The number of hydrogen-bond donors (Lipinski definition) is 1. The highest BCUT2D eigenvalue weighted by Gasteiger charge is 2.13. The molecule has 4 aromatic heterocycles. The predicted octanol–water partition coefficient (Wildman–Crippen LogP) is 1.97. The van der Waals surface area contributed by atoms with Gasteiger partial charge in [-0.3, -0.25) is 24.2 Å². The Labute approximate surface area is 165 Å². The number of anilines is 1. The van der Waals surface area contributed by atoms with Gasteiger partial charge in [0.25, 0.3) is 5.56 Å². The molecule has 0 radical (unpaired) electrons. The van der Waals surface area contributed by atoms with Crippen LogP contribution in [0.3, 0.4) is 0 Å². The zero-order valence-electron chi connectivity index (χ0n) is 14.0. The topological polar surface area (TPSA) is 108 Å². The molecule has 27 heavy (non-hydrogen) atoms. The minimum Gasteiger partial charge on any atom is -0.299 e. The maximum absolute atomic E-state index is 12.4. The number of carbonyl (C=O) groups excluding carboxylic acids is 1. The SMILES string of the molecule is Cn1ncc2c(=O)n(CC(=O)Nc3nnc(SCc4cccs4)s3)cnc21. The van der Waals surface area contributed by atoms with Crippen LogP contribution in [0.15, 0.2) is 39.2 Å². The summed E-state index contributed by atoms with van der Waals surface area (Å²) < 4.78 is 3.53. The molecule has 0 fully saturated rings. The van der Waals surface area contributed by atoms with Crippen LogP contribution in [0.1, 0.15) is 4.88 Å². The van der Waals surface area contributed by atoms with E-state index in [9.17, 15) is 9.59 Å². The number of nitrogens with one attached hydrogen (secondary N) is 1. The lowest BCUT2D eigenvalue weighted by atomic mass is 10.4. The number of nitrogens with zero attached hydrogens (tertiary/aromatic N) is 6. The number of aryl methyl sites for hydroxylation is 1. The van der Waals surface area contributed by atoms with Gasteiger partial charge in [0.1, 0.15) is 18.3 Å². The van der Waals surface area contributed by atoms with Crippen molar-refractivity contribution >= 4 is 56.5 Å². The molecule has 4 heterocycles. The number of fused-ring (bicyclic) bond motifs is 1. The van der Waals surface area contributed by atoms with Gasteiger partial charge in [-0.15, -0.1) is 21.5 Å². The molecule has 0 spiro atoms. The van der Waals surface area contributed by atoms with Gasteiger partial charge in [-0.05, 0) is 11.4 Å². The molecule has 0 unspecified atom stereocenters. The lowest BCUT2D eigenvalue weighted by molar-refractivity contribution is -0.116. The van der Waals surface area contributed by atoms with Gasteiger partial charge in [0.2, 0.25) is 11.0 Å². The molecular weight excluding hydrogens is 406 g/mol. The third kappa shape index (κ3) is 3.91. The third-order valence-electron chi connectivity index (χ3n) is 3.60. The van der Waals surface area contributed by atoms with Crippen LogP contribution >= 0.6 is 34.4 Å². The Bertz CT molecular complexity index is 1150. The van der Waals surface area contributed by atoms with Crippen LogP contribution in [0.25, 0.3) is 11.0 Å². The minimum absolute atomic E-state index is 0.159. The van der Waals surface area contributed by atoms with Crippen molar-refractivity contribution < 1.29 is 4.79 Å². The number of thiophene rings is 1. The van der Waals surface area contributed by atoms with E-state index >= 15 is 0 Å². The van der Waals surface area contributed by atoms with E-state index in [-0.39, 0.29) is 18.0 Å². The fourth-order valence-corrected chi connectivity index (χ4v) is 4.88. The molecule has 1 N–H and O–H groups in total. The molecule has 9 nitrogen and oxygen atoms in total. The standard InChI is InChI=1S/C15H13N7O2S3/c1-21-12-10(5-17-21)13(24)22(8-16-12)6-11(23)18-14-19-20-15(27-14)26-7-9-3-2-4-25-9/h2-5,8H,6-7H2,1H3,(H,18,19,23). The van der Waals surface area contributed by atoms with Crippen LogP contribution in [0.4, 0.5) is 5.13 Å². The molecule has 12 heteroatoms. The fourth-order valence-electron chi connectivity index (χ4n) is 2.34. The lowest BCUT2D eigenvalue weighted by Crippen LogP contribution is -2.27. The van der Waals surface area contributed by atoms with Gasteiger partial charge in [-0.1, -0.05) is 29.2 Å². The summed E-state index contributed by atoms with van der Waals surface area (Å²) in [4.78, 5) is 30.1. The third-order valence-corrected chi connectivity index (χ3v) is 6.68. The zero-order valence-corrected chi connectivity index (χ0v) is 16.5. The Kier molecular flexibility index (Phi) is 5.01. The van der Waals surface area contributed by atoms with Crippen molar-refractivity contribution in [3.05, 3.63) is 45.3 Å². The van der Waals surface area contributed by atoms with Crippen LogP contribution in [0, 0.1) is 0 Å². The molecule has 4 aromatic rings. The molecule has 138 valence electrons. The molecule has 1 amide bonds. The van der Waals surface area contributed by atoms with Crippen molar-refractivity contribution in [3.63, 3.8) is 0 Å². The molecule has 0 aliphatic carbocycles. The Balaban J connectivity index is 1.39. The number of amides is 1.